The molecule has 1 fully saturated rings. The molecule has 0 spiro atoms. The van der Waals surface area contributed by atoms with Crippen LogP contribution in [0.25, 0.3) is 21.9 Å². The monoisotopic (exact) mass is 475 g/mol. The highest BCUT2D eigenvalue weighted by Crippen LogP contribution is 2.29. The number of aromatic amines is 2. The number of fused-ring (bicyclic) bond motifs is 2. The summed E-state index contributed by atoms with van der Waals surface area (Å²) in [5, 5.41) is 3.91. The summed E-state index contributed by atoms with van der Waals surface area (Å²) in [5.74, 6) is -0.791. The first-order chi connectivity index (χ1) is 17.0. The van der Waals surface area contributed by atoms with Gasteiger partial charge in [0.05, 0.1) is 18.1 Å². The molecule has 0 radical (unpaired) electrons. The van der Waals surface area contributed by atoms with E-state index in [0.29, 0.717) is 25.9 Å². The van der Waals surface area contributed by atoms with Crippen molar-refractivity contribution in [2.45, 2.75) is 37.8 Å². The smallest absolute Gasteiger partial charge is 0.329 e. The number of piperidine rings is 1. The fourth-order valence-electron chi connectivity index (χ4n) is 5.15. The molecule has 2 atom stereocenters. The number of hydrogen-bond donors (Lipinski definition) is 3. The number of carbonyl (C=O) groups excluding carboxylic acids is 2. The largest absolute Gasteiger partial charge is 0.467 e. The summed E-state index contributed by atoms with van der Waals surface area (Å²) in [7, 11) is 1.33. The number of urea groups is 1. The fourth-order valence-corrected chi connectivity index (χ4v) is 5.15. The Balaban J connectivity index is 1.29. The molecule has 2 aromatic heterocycles. The number of esters is 1. The van der Waals surface area contributed by atoms with Crippen molar-refractivity contribution in [3.63, 3.8) is 0 Å². The molecule has 2 amide bonds. The van der Waals surface area contributed by atoms with Gasteiger partial charge in [0.25, 0.3) is 0 Å². The number of H-pyrrole nitrogens is 2. The molecule has 0 saturated carbocycles. The Hall–Kier alpha value is -4.01. The molecule has 9 heteroatoms. The van der Waals surface area contributed by atoms with Gasteiger partial charge in [0, 0.05) is 42.1 Å². The van der Waals surface area contributed by atoms with E-state index in [9.17, 15) is 14.4 Å². The molecule has 4 aromatic rings. The Kier molecular flexibility index (Phi) is 6.07. The standard InChI is InChI=1S/C26H29N5O4/c1-16(19-15-27-20-8-4-3-7-18(19)20)23(24(32)35-2)29-25(33)30-13-11-17(12-14-30)31-22-10-6-5-9-21(22)28-26(31)34/h3-10,15-17,23,27H,11-14H2,1-2H3,(H,28,34)(H,29,33)/t16-,23?/m0/s1. The van der Waals surface area contributed by atoms with Crippen molar-refractivity contribution in [1.29, 1.82) is 0 Å². The van der Waals surface area contributed by atoms with Crippen LogP contribution in [0.1, 0.15) is 37.3 Å². The summed E-state index contributed by atoms with van der Waals surface area (Å²) in [6.45, 7) is 2.88. The first-order valence-corrected chi connectivity index (χ1v) is 11.9. The number of likely N-dealkylation sites (tertiary alicyclic amines) is 1. The summed E-state index contributed by atoms with van der Waals surface area (Å²) >= 11 is 0. The van der Waals surface area contributed by atoms with Crippen LogP contribution in [-0.2, 0) is 9.53 Å². The van der Waals surface area contributed by atoms with E-state index < -0.39 is 12.0 Å². The summed E-state index contributed by atoms with van der Waals surface area (Å²) < 4.78 is 6.82. The third-order valence-electron chi connectivity index (χ3n) is 7.09. The van der Waals surface area contributed by atoms with Crippen molar-refractivity contribution in [3.8, 4) is 0 Å². The second-order valence-corrected chi connectivity index (χ2v) is 9.06. The maximum atomic E-state index is 13.2. The fraction of sp³-hybridized carbons (Fsp3) is 0.346. The number of rotatable bonds is 5. The van der Waals surface area contributed by atoms with Gasteiger partial charge in [0.15, 0.2) is 0 Å². The Morgan fingerprint density at radius 1 is 1.06 bits per heavy atom. The van der Waals surface area contributed by atoms with Gasteiger partial charge in [-0.05, 0) is 36.6 Å². The SMILES string of the molecule is COC(=O)C(NC(=O)N1CCC(n2c(=O)[nH]c3ccccc32)CC1)[C@@H](C)c1c[nH]c2ccccc12. The van der Waals surface area contributed by atoms with Gasteiger partial charge in [-0.25, -0.2) is 14.4 Å². The molecule has 2 aromatic carbocycles. The average molecular weight is 476 g/mol. The topological polar surface area (TPSA) is 112 Å². The molecule has 1 saturated heterocycles. The Bertz CT molecular complexity index is 1430. The van der Waals surface area contributed by atoms with Gasteiger partial charge in [-0.2, -0.15) is 0 Å². The zero-order valence-electron chi connectivity index (χ0n) is 19.8. The average Bonchev–Trinajstić information content (AvgIpc) is 3.46. The van der Waals surface area contributed by atoms with Gasteiger partial charge in [-0.3, -0.25) is 4.57 Å². The lowest BCUT2D eigenvalue weighted by molar-refractivity contribution is -0.143. The molecular formula is C26H29N5O4. The van der Waals surface area contributed by atoms with Gasteiger partial charge in [-0.15, -0.1) is 0 Å². The van der Waals surface area contributed by atoms with Crippen LogP contribution in [0, 0.1) is 0 Å². The minimum Gasteiger partial charge on any atom is -0.467 e. The van der Waals surface area contributed by atoms with E-state index in [-0.39, 0.29) is 23.7 Å². The number of nitrogens with zero attached hydrogens (tertiary/aromatic N) is 2. The van der Waals surface area contributed by atoms with E-state index in [0.717, 1.165) is 27.5 Å². The van der Waals surface area contributed by atoms with Crippen molar-refractivity contribution in [3.05, 3.63) is 70.8 Å². The number of hydrogen-bond acceptors (Lipinski definition) is 4. The van der Waals surface area contributed by atoms with E-state index in [4.69, 9.17) is 4.74 Å². The van der Waals surface area contributed by atoms with E-state index in [1.165, 1.54) is 7.11 Å². The van der Waals surface area contributed by atoms with Gasteiger partial charge >= 0.3 is 17.7 Å². The van der Waals surface area contributed by atoms with Gasteiger partial charge in [0.2, 0.25) is 0 Å². The summed E-state index contributed by atoms with van der Waals surface area (Å²) in [6, 6.07) is 14.3. The van der Waals surface area contributed by atoms with Crippen LogP contribution < -0.4 is 11.0 Å². The highest BCUT2D eigenvalue weighted by molar-refractivity contribution is 5.88. The molecule has 3 N–H and O–H groups in total. The van der Waals surface area contributed by atoms with Crippen LogP contribution >= 0.6 is 0 Å². The number of carbonyl (C=O) groups is 2. The molecule has 3 heterocycles. The van der Waals surface area contributed by atoms with Gasteiger partial charge in [0.1, 0.15) is 6.04 Å². The van der Waals surface area contributed by atoms with Crippen molar-refractivity contribution in [2.75, 3.05) is 20.2 Å². The minimum atomic E-state index is -0.833. The molecule has 1 unspecified atom stereocenters. The molecule has 5 rings (SSSR count). The Labute approximate surface area is 202 Å². The van der Waals surface area contributed by atoms with Crippen LogP contribution in [-0.4, -0.2) is 57.7 Å². The Morgan fingerprint density at radius 3 is 2.49 bits per heavy atom. The highest BCUT2D eigenvalue weighted by Gasteiger charge is 2.33. The molecule has 0 aliphatic carbocycles. The summed E-state index contributed by atoms with van der Waals surface area (Å²) in [4.78, 5) is 46.2. The van der Waals surface area contributed by atoms with Crippen LogP contribution in [0.4, 0.5) is 4.79 Å². The van der Waals surface area contributed by atoms with Crippen molar-refractivity contribution in [2.24, 2.45) is 0 Å². The number of ether oxygens (including phenoxy) is 1. The Morgan fingerprint density at radius 2 is 1.74 bits per heavy atom. The number of methoxy groups -OCH3 is 1. The quantitative estimate of drug-likeness (QED) is 0.384. The van der Waals surface area contributed by atoms with Crippen LogP contribution in [0.5, 0.6) is 0 Å². The van der Waals surface area contributed by atoms with E-state index in [2.05, 4.69) is 15.3 Å². The van der Waals surface area contributed by atoms with Crippen LogP contribution in [0.15, 0.2) is 59.5 Å². The van der Waals surface area contributed by atoms with Gasteiger partial charge < -0.3 is 24.9 Å². The lowest BCUT2D eigenvalue weighted by Gasteiger charge is -2.34. The molecule has 0 bridgehead atoms. The first-order valence-electron chi connectivity index (χ1n) is 11.9. The second kappa shape index (κ2) is 9.32. The summed E-state index contributed by atoms with van der Waals surface area (Å²) in [5.41, 5.74) is 3.46. The maximum absolute atomic E-state index is 13.2. The number of imidazole rings is 1. The second-order valence-electron chi connectivity index (χ2n) is 9.06. The van der Waals surface area contributed by atoms with Gasteiger partial charge in [-0.1, -0.05) is 37.3 Å². The number of aromatic nitrogens is 3. The normalized spacial score (nSPS) is 16.3. The number of para-hydroxylation sites is 3. The minimum absolute atomic E-state index is 0.00393. The van der Waals surface area contributed by atoms with Crippen LogP contribution in [0.3, 0.4) is 0 Å². The molecule has 35 heavy (non-hydrogen) atoms. The van der Waals surface area contributed by atoms with Crippen molar-refractivity contribution < 1.29 is 14.3 Å². The molecule has 1 aliphatic heterocycles. The summed E-state index contributed by atoms with van der Waals surface area (Å²) in [6.07, 6.45) is 3.17. The number of amides is 2. The molecule has 1 aliphatic rings. The third-order valence-corrected chi connectivity index (χ3v) is 7.09. The third kappa shape index (κ3) is 4.18. The lowest BCUT2D eigenvalue weighted by atomic mass is 9.93. The molecular weight excluding hydrogens is 446 g/mol. The zero-order valence-corrected chi connectivity index (χ0v) is 19.8. The first kappa shape index (κ1) is 22.8. The number of nitrogens with one attached hydrogen (secondary N) is 3. The highest BCUT2D eigenvalue weighted by atomic mass is 16.5. The molecule has 9 nitrogen and oxygen atoms in total. The molecule has 182 valence electrons. The lowest BCUT2D eigenvalue weighted by Crippen LogP contribution is -2.52. The van der Waals surface area contributed by atoms with E-state index in [1.54, 1.807) is 9.47 Å². The van der Waals surface area contributed by atoms with E-state index in [1.807, 2.05) is 61.7 Å². The zero-order chi connectivity index (χ0) is 24.5. The van der Waals surface area contributed by atoms with E-state index >= 15 is 0 Å². The van der Waals surface area contributed by atoms with Crippen molar-refractivity contribution >= 4 is 33.9 Å². The predicted octanol–water partition coefficient (Wildman–Crippen LogP) is 3.50. The predicted molar refractivity (Wildman–Crippen MR) is 133 cm³/mol. The van der Waals surface area contributed by atoms with Crippen LogP contribution in [0.2, 0.25) is 0 Å². The van der Waals surface area contributed by atoms with Crippen molar-refractivity contribution in [1.82, 2.24) is 24.8 Å². The maximum Gasteiger partial charge on any atom is 0.329 e. The number of benzene rings is 2.